The molecule has 0 radical (unpaired) electrons. The van der Waals surface area contributed by atoms with Crippen LogP contribution in [0.2, 0.25) is 0 Å². The number of aliphatic hydroxyl groups excluding tert-OH is 1. The monoisotopic (exact) mass is 436 g/mol. The zero-order valence-corrected chi connectivity index (χ0v) is 17.8. The van der Waals surface area contributed by atoms with E-state index in [4.69, 9.17) is 0 Å². The molecule has 32 heavy (non-hydrogen) atoms. The van der Waals surface area contributed by atoms with Crippen LogP contribution in [-0.4, -0.2) is 39.9 Å². The van der Waals surface area contributed by atoms with Gasteiger partial charge in [0, 0.05) is 36.6 Å². The molecule has 1 aromatic heterocycles. The van der Waals surface area contributed by atoms with E-state index in [-0.39, 0.29) is 22.9 Å². The first kappa shape index (κ1) is 20.7. The number of pyridine rings is 1. The molecule has 3 aromatic rings. The van der Waals surface area contributed by atoms with Crippen LogP contribution in [0.25, 0.3) is 10.9 Å². The van der Waals surface area contributed by atoms with E-state index in [1.165, 1.54) is 12.3 Å². The molecule has 0 unspecified atom stereocenters. The minimum absolute atomic E-state index is 0.0353. The highest BCUT2D eigenvalue weighted by atomic mass is 19.1. The molecule has 2 atom stereocenters. The maximum absolute atomic E-state index is 15.4. The number of β-amino-alcohol motifs (C(OH)–C–C–N with tert-alkyl or cyclic N) is 1. The summed E-state index contributed by atoms with van der Waals surface area (Å²) < 4.78 is 17.2. The Morgan fingerprint density at radius 1 is 1.19 bits per heavy atom. The largest absolute Gasteiger partial charge is 0.477 e. The van der Waals surface area contributed by atoms with Crippen molar-refractivity contribution in [3.05, 3.63) is 75.3 Å². The molecule has 0 bridgehead atoms. The van der Waals surface area contributed by atoms with Crippen molar-refractivity contribution >= 4 is 22.6 Å². The van der Waals surface area contributed by atoms with E-state index < -0.39 is 23.3 Å². The summed E-state index contributed by atoms with van der Waals surface area (Å²) in [6.45, 7) is 2.58. The second-order valence-electron chi connectivity index (χ2n) is 8.97. The van der Waals surface area contributed by atoms with Gasteiger partial charge in [-0.1, -0.05) is 30.3 Å². The molecular formula is C25H25FN2O4. The van der Waals surface area contributed by atoms with E-state index in [1.54, 1.807) is 6.92 Å². The summed E-state index contributed by atoms with van der Waals surface area (Å²) in [7, 11) is 0. The molecule has 5 rings (SSSR count). The van der Waals surface area contributed by atoms with Crippen molar-refractivity contribution < 1.29 is 19.4 Å². The second-order valence-corrected chi connectivity index (χ2v) is 8.97. The Balaban J connectivity index is 1.58. The van der Waals surface area contributed by atoms with Crippen LogP contribution in [0.1, 0.15) is 40.4 Å². The van der Waals surface area contributed by atoms with E-state index in [0.29, 0.717) is 36.3 Å². The lowest BCUT2D eigenvalue weighted by Gasteiger charge is -2.24. The fourth-order valence-electron chi connectivity index (χ4n) is 5.01. The molecule has 2 aromatic carbocycles. The van der Waals surface area contributed by atoms with Crippen molar-refractivity contribution in [1.82, 2.24) is 4.57 Å². The van der Waals surface area contributed by atoms with Gasteiger partial charge in [-0.25, -0.2) is 9.18 Å². The Bertz CT molecular complexity index is 1270. The summed E-state index contributed by atoms with van der Waals surface area (Å²) in [6, 6.07) is 11.2. The van der Waals surface area contributed by atoms with Gasteiger partial charge in [-0.3, -0.25) is 4.79 Å². The van der Waals surface area contributed by atoms with Gasteiger partial charge in [0.1, 0.15) is 11.4 Å². The Morgan fingerprint density at radius 3 is 2.56 bits per heavy atom. The molecule has 2 heterocycles. The summed E-state index contributed by atoms with van der Waals surface area (Å²) in [4.78, 5) is 26.2. The summed E-state index contributed by atoms with van der Waals surface area (Å²) in [6.07, 6.45) is 3.29. The van der Waals surface area contributed by atoms with Crippen LogP contribution in [0, 0.1) is 18.7 Å². The number of carboxylic acids is 1. The molecule has 6 nitrogen and oxygen atoms in total. The number of rotatable bonds is 5. The quantitative estimate of drug-likeness (QED) is 0.640. The lowest BCUT2D eigenvalue weighted by molar-refractivity contribution is 0.0694. The number of halogens is 1. The number of nitrogens with zero attached hydrogens (tertiary/aromatic N) is 2. The third-order valence-corrected chi connectivity index (χ3v) is 6.71. The van der Waals surface area contributed by atoms with Gasteiger partial charge in [0.25, 0.3) is 0 Å². The highest BCUT2D eigenvalue weighted by molar-refractivity contribution is 5.95. The van der Waals surface area contributed by atoms with Gasteiger partial charge in [0.05, 0.1) is 17.3 Å². The van der Waals surface area contributed by atoms with Gasteiger partial charge in [0.2, 0.25) is 5.43 Å². The van der Waals surface area contributed by atoms with Gasteiger partial charge >= 0.3 is 5.97 Å². The normalized spacial score (nSPS) is 20.8. The molecule has 2 fully saturated rings. The van der Waals surface area contributed by atoms with Crippen molar-refractivity contribution in [1.29, 1.82) is 0 Å². The van der Waals surface area contributed by atoms with Crippen LogP contribution >= 0.6 is 0 Å². The highest BCUT2D eigenvalue weighted by Crippen LogP contribution is 2.41. The predicted octanol–water partition coefficient (Wildman–Crippen LogP) is 3.52. The Kier molecular flexibility index (Phi) is 5.01. The molecule has 166 valence electrons. The fraction of sp³-hybridized carbons (Fsp3) is 0.360. The van der Waals surface area contributed by atoms with Gasteiger partial charge in [0.15, 0.2) is 0 Å². The minimum atomic E-state index is -1.31. The van der Waals surface area contributed by atoms with Crippen molar-refractivity contribution in [3.8, 4) is 0 Å². The number of hydrogen-bond acceptors (Lipinski definition) is 4. The van der Waals surface area contributed by atoms with Crippen molar-refractivity contribution in [3.63, 3.8) is 0 Å². The van der Waals surface area contributed by atoms with Crippen LogP contribution in [0.4, 0.5) is 10.1 Å². The number of aliphatic hydroxyl groups is 1. The molecule has 7 heteroatoms. The molecular weight excluding hydrogens is 411 g/mol. The summed E-state index contributed by atoms with van der Waals surface area (Å²) >= 11 is 0. The lowest BCUT2D eigenvalue weighted by Crippen LogP contribution is -2.25. The van der Waals surface area contributed by atoms with Crippen molar-refractivity contribution in [2.75, 3.05) is 18.0 Å². The summed E-state index contributed by atoms with van der Waals surface area (Å²) in [5.41, 5.74) is 1.69. The van der Waals surface area contributed by atoms with Gasteiger partial charge in [-0.15, -0.1) is 0 Å². The number of hydrogen-bond donors (Lipinski definition) is 2. The fourth-order valence-corrected chi connectivity index (χ4v) is 5.01. The molecule has 0 spiro atoms. The van der Waals surface area contributed by atoms with Crippen LogP contribution < -0.4 is 10.3 Å². The predicted molar refractivity (Wildman–Crippen MR) is 120 cm³/mol. The molecule has 1 saturated carbocycles. The first-order valence-electron chi connectivity index (χ1n) is 10.9. The summed E-state index contributed by atoms with van der Waals surface area (Å²) in [5.74, 6) is -1.91. The van der Waals surface area contributed by atoms with E-state index in [1.807, 2.05) is 39.8 Å². The number of benzene rings is 2. The zero-order chi connectivity index (χ0) is 22.6. The molecule has 2 N–H and O–H groups in total. The number of aromatic carboxylic acids is 1. The Morgan fingerprint density at radius 2 is 1.91 bits per heavy atom. The number of carbonyl (C=O) groups is 1. The highest BCUT2D eigenvalue weighted by Gasteiger charge is 2.35. The van der Waals surface area contributed by atoms with E-state index in [9.17, 15) is 19.8 Å². The number of fused-ring (bicyclic) bond motifs is 1. The number of carboxylic acid groups (broad SMARTS) is 1. The number of aryl methyl sites for hydroxylation is 1. The molecule has 1 saturated heterocycles. The third-order valence-electron chi connectivity index (χ3n) is 6.71. The first-order chi connectivity index (χ1) is 15.3. The Hall–Kier alpha value is -3.19. The zero-order valence-electron chi connectivity index (χ0n) is 17.8. The Labute approximate surface area is 184 Å². The topological polar surface area (TPSA) is 82.8 Å². The number of anilines is 1. The van der Waals surface area contributed by atoms with E-state index in [0.717, 1.165) is 18.4 Å². The number of aromatic nitrogens is 1. The minimum Gasteiger partial charge on any atom is -0.477 e. The molecule has 1 aliphatic heterocycles. The van der Waals surface area contributed by atoms with Gasteiger partial charge < -0.3 is 19.7 Å². The average Bonchev–Trinajstić information content (AvgIpc) is 3.54. The maximum Gasteiger partial charge on any atom is 0.341 e. The van der Waals surface area contributed by atoms with E-state index in [2.05, 4.69) is 0 Å². The van der Waals surface area contributed by atoms with Crippen LogP contribution in [0.15, 0.2) is 47.4 Å². The van der Waals surface area contributed by atoms with E-state index >= 15 is 4.39 Å². The SMILES string of the molecule is Cc1c(N2C[C@H](Cc3ccccc3)[C@H](O)C2)c(F)cc2c(=O)c(C(=O)O)cn(C3CC3)c12. The van der Waals surface area contributed by atoms with Crippen LogP contribution in [0.5, 0.6) is 0 Å². The lowest BCUT2D eigenvalue weighted by atomic mass is 9.97. The van der Waals surface area contributed by atoms with Gasteiger partial charge in [-0.2, -0.15) is 0 Å². The molecule has 0 amide bonds. The maximum atomic E-state index is 15.4. The standard InChI is InChI=1S/C25H25FN2O4/c1-14-22-18(24(30)19(25(31)32)12-28(22)17-7-8-17)10-20(26)23(14)27-11-16(21(29)13-27)9-15-5-3-2-4-6-15/h2-6,10,12,16-17,21,29H,7-9,11,13H2,1H3,(H,31,32)/t16-,21+/m0/s1. The second kappa shape index (κ2) is 7.74. The first-order valence-corrected chi connectivity index (χ1v) is 10.9. The van der Waals surface area contributed by atoms with Crippen LogP contribution in [0.3, 0.4) is 0 Å². The van der Waals surface area contributed by atoms with Crippen molar-refractivity contribution in [2.45, 2.75) is 38.3 Å². The van der Waals surface area contributed by atoms with Crippen molar-refractivity contribution in [2.24, 2.45) is 5.92 Å². The summed E-state index contributed by atoms with van der Waals surface area (Å²) in [5, 5.41) is 20.2. The molecule has 2 aliphatic rings. The van der Waals surface area contributed by atoms with Gasteiger partial charge in [-0.05, 0) is 43.4 Å². The van der Waals surface area contributed by atoms with Crippen LogP contribution in [-0.2, 0) is 6.42 Å². The average molecular weight is 436 g/mol. The molecule has 1 aliphatic carbocycles. The third kappa shape index (κ3) is 3.46. The smallest absolute Gasteiger partial charge is 0.341 e.